The largest absolute Gasteiger partial charge is 0.368 e. The maximum Gasteiger partial charge on any atom is 0.252 e. The molecule has 0 saturated heterocycles. The van der Waals surface area contributed by atoms with Crippen molar-refractivity contribution in [3.8, 4) is 0 Å². The highest BCUT2D eigenvalue weighted by molar-refractivity contribution is 5.32. The van der Waals surface area contributed by atoms with E-state index in [1.807, 2.05) is 13.8 Å². The molecule has 0 bridgehead atoms. The van der Waals surface area contributed by atoms with E-state index in [-0.39, 0.29) is 5.56 Å². The predicted octanol–water partition coefficient (Wildman–Crippen LogP) is 0.590. The molecule has 0 amide bonds. The van der Waals surface area contributed by atoms with Gasteiger partial charge in [0.1, 0.15) is 5.82 Å². The fourth-order valence-electron chi connectivity index (χ4n) is 0.743. The molecule has 1 rings (SSSR count). The van der Waals surface area contributed by atoms with Crippen LogP contribution in [0, 0.1) is 0 Å². The standard InChI is InChI=1S/C7H11N3O/c1-5(2)10-6-3-7(11)9-4-8-6/h3-5H,1-2H3,(H2,8,9,10,11). The summed E-state index contributed by atoms with van der Waals surface area (Å²) >= 11 is 0. The molecule has 0 aliphatic carbocycles. The second kappa shape index (κ2) is 3.18. The number of anilines is 1. The van der Waals surface area contributed by atoms with E-state index < -0.39 is 0 Å². The van der Waals surface area contributed by atoms with Gasteiger partial charge in [0.2, 0.25) is 0 Å². The monoisotopic (exact) mass is 153 g/mol. The Balaban J connectivity index is 2.80. The topological polar surface area (TPSA) is 57.8 Å². The highest BCUT2D eigenvalue weighted by Crippen LogP contribution is 1.96. The Hall–Kier alpha value is -1.32. The summed E-state index contributed by atoms with van der Waals surface area (Å²) in [5.41, 5.74) is -0.136. The second-order valence-corrected chi connectivity index (χ2v) is 2.60. The molecule has 1 heterocycles. The zero-order valence-electron chi connectivity index (χ0n) is 6.59. The third-order valence-corrected chi connectivity index (χ3v) is 1.11. The lowest BCUT2D eigenvalue weighted by atomic mass is 10.4. The van der Waals surface area contributed by atoms with Crippen molar-refractivity contribution in [1.82, 2.24) is 9.97 Å². The normalized spacial score (nSPS) is 10.1. The van der Waals surface area contributed by atoms with Crippen molar-refractivity contribution in [1.29, 1.82) is 0 Å². The van der Waals surface area contributed by atoms with Crippen molar-refractivity contribution < 1.29 is 0 Å². The first-order chi connectivity index (χ1) is 5.18. The van der Waals surface area contributed by atoms with Crippen LogP contribution in [0.1, 0.15) is 13.8 Å². The quantitative estimate of drug-likeness (QED) is 0.653. The Morgan fingerprint density at radius 2 is 2.36 bits per heavy atom. The van der Waals surface area contributed by atoms with Gasteiger partial charge in [-0.3, -0.25) is 4.79 Å². The van der Waals surface area contributed by atoms with Gasteiger partial charge >= 0.3 is 0 Å². The van der Waals surface area contributed by atoms with Gasteiger partial charge < -0.3 is 10.3 Å². The van der Waals surface area contributed by atoms with Crippen molar-refractivity contribution in [3.05, 3.63) is 22.7 Å². The lowest BCUT2D eigenvalue weighted by Crippen LogP contribution is -2.14. The SMILES string of the molecule is CC(C)Nc1cc(=O)[nH]cn1. The van der Waals surface area contributed by atoms with Crippen molar-refractivity contribution in [3.63, 3.8) is 0 Å². The molecular weight excluding hydrogens is 142 g/mol. The van der Waals surface area contributed by atoms with E-state index in [0.717, 1.165) is 0 Å². The van der Waals surface area contributed by atoms with Crippen LogP contribution < -0.4 is 10.9 Å². The molecule has 0 aromatic carbocycles. The molecule has 1 aromatic heterocycles. The Labute approximate surface area is 64.7 Å². The van der Waals surface area contributed by atoms with Crippen LogP contribution in [0.15, 0.2) is 17.2 Å². The fraction of sp³-hybridized carbons (Fsp3) is 0.429. The van der Waals surface area contributed by atoms with Gasteiger partial charge in [0.15, 0.2) is 0 Å². The minimum atomic E-state index is -0.136. The molecule has 0 unspecified atom stereocenters. The van der Waals surface area contributed by atoms with Crippen molar-refractivity contribution in [2.45, 2.75) is 19.9 Å². The van der Waals surface area contributed by atoms with Gasteiger partial charge in [0, 0.05) is 12.1 Å². The molecule has 0 radical (unpaired) electrons. The molecule has 60 valence electrons. The molecule has 11 heavy (non-hydrogen) atoms. The van der Waals surface area contributed by atoms with Gasteiger partial charge in [0.25, 0.3) is 5.56 Å². The average molecular weight is 153 g/mol. The van der Waals surface area contributed by atoms with Gasteiger partial charge in [-0.1, -0.05) is 0 Å². The van der Waals surface area contributed by atoms with E-state index in [1.54, 1.807) is 0 Å². The lowest BCUT2D eigenvalue weighted by molar-refractivity contribution is 0.884. The van der Waals surface area contributed by atoms with E-state index in [4.69, 9.17) is 0 Å². The highest BCUT2D eigenvalue weighted by Gasteiger charge is 1.95. The van der Waals surface area contributed by atoms with Crippen LogP contribution in [0.4, 0.5) is 5.82 Å². The maximum absolute atomic E-state index is 10.7. The summed E-state index contributed by atoms with van der Waals surface area (Å²) in [6.07, 6.45) is 1.38. The van der Waals surface area contributed by atoms with Crippen LogP contribution in [0.3, 0.4) is 0 Å². The van der Waals surface area contributed by atoms with Gasteiger partial charge in [-0.25, -0.2) is 4.98 Å². The van der Waals surface area contributed by atoms with E-state index in [9.17, 15) is 4.79 Å². The third kappa shape index (κ3) is 2.41. The molecular formula is C7H11N3O. The fourth-order valence-corrected chi connectivity index (χ4v) is 0.743. The Bertz CT molecular complexity index is 279. The number of hydrogen-bond donors (Lipinski definition) is 2. The smallest absolute Gasteiger partial charge is 0.252 e. The van der Waals surface area contributed by atoms with E-state index in [1.165, 1.54) is 12.4 Å². The summed E-state index contributed by atoms with van der Waals surface area (Å²) in [5, 5.41) is 3.01. The number of aromatic nitrogens is 2. The Morgan fingerprint density at radius 3 is 2.91 bits per heavy atom. The van der Waals surface area contributed by atoms with Crippen LogP contribution in [0.5, 0.6) is 0 Å². The summed E-state index contributed by atoms with van der Waals surface area (Å²) < 4.78 is 0. The maximum atomic E-state index is 10.7. The summed E-state index contributed by atoms with van der Waals surface area (Å²) in [6, 6.07) is 1.73. The second-order valence-electron chi connectivity index (χ2n) is 2.60. The van der Waals surface area contributed by atoms with Gasteiger partial charge in [-0.2, -0.15) is 0 Å². The molecule has 0 aliphatic rings. The van der Waals surface area contributed by atoms with Crippen LogP contribution in [-0.4, -0.2) is 16.0 Å². The van der Waals surface area contributed by atoms with Gasteiger partial charge in [0.05, 0.1) is 6.33 Å². The number of nitrogens with one attached hydrogen (secondary N) is 2. The first kappa shape index (κ1) is 7.78. The minimum Gasteiger partial charge on any atom is -0.368 e. The zero-order chi connectivity index (χ0) is 8.27. The Morgan fingerprint density at radius 1 is 1.64 bits per heavy atom. The van der Waals surface area contributed by atoms with Crippen molar-refractivity contribution in [2.75, 3.05) is 5.32 Å². The summed E-state index contributed by atoms with van der Waals surface area (Å²) in [4.78, 5) is 17.1. The van der Waals surface area contributed by atoms with E-state index in [2.05, 4.69) is 15.3 Å². The van der Waals surface area contributed by atoms with Crippen LogP contribution in [0.25, 0.3) is 0 Å². The molecule has 4 nitrogen and oxygen atoms in total. The molecule has 0 fully saturated rings. The molecule has 2 N–H and O–H groups in total. The summed E-state index contributed by atoms with van der Waals surface area (Å²) in [6.45, 7) is 3.98. The molecule has 0 aliphatic heterocycles. The molecule has 0 saturated carbocycles. The van der Waals surface area contributed by atoms with Crippen LogP contribution in [-0.2, 0) is 0 Å². The average Bonchev–Trinajstić information content (AvgIpc) is 1.85. The minimum absolute atomic E-state index is 0.136. The molecule has 4 heteroatoms. The lowest BCUT2D eigenvalue weighted by Gasteiger charge is -2.06. The van der Waals surface area contributed by atoms with Crippen molar-refractivity contribution in [2.24, 2.45) is 0 Å². The third-order valence-electron chi connectivity index (χ3n) is 1.11. The number of nitrogens with zero attached hydrogens (tertiary/aromatic N) is 1. The molecule has 0 atom stereocenters. The van der Waals surface area contributed by atoms with Crippen LogP contribution >= 0.6 is 0 Å². The first-order valence-electron chi connectivity index (χ1n) is 3.50. The van der Waals surface area contributed by atoms with E-state index in [0.29, 0.717) is 11.9 Å². The number of rotatable bonds is 2. The summed E-state index contributed by atoms with van der Waals surface area (Å²) in [7, 11) is 0. The highest BCUT2D eigenvalue weighted by atomic mass is 16.1. The molecule has 1 aromatic rings. The Kier molecular flexibility index (Phi) is 2.25. The number of hydrogen-bond acceptors (Lipinski definition) is 3. The number of H-pyrrole nitrogens is 1. The van der Waals surface area contributed by atoms with E-state index >= 15 is 0 Å². The molecule has 0 spiro atoms. The predicted molar refractivity (Wildman–Crippen MR) is 43.6 cm³/mol. The summed E-state index contributed by atoms with van der Waals surface area (Å²) in [5.74, 6) is 0.615. The zero-order valence-corrected chi connectivity index (χ0v) is 6.59. The van der Waals surface area contributed by atoms with Crippen LogP contribution in [0.2, 0.25) is 0 Å². The first-order valence-corrected chi connectivity index (χ1v) is 3.50. The van der Waals surface area contributed by atoms with Crippen molar-refractivity contribution >= 4 is 5.82 Å². The number of aromatic amines is 1. The van der Waals surface area contributed by atoms with Gasteiger partial charge in [-0.05, 0) is 13.8 Å². The van der Waals surface area contributed by atoms with Gasteiger partial charge in [-0.15, -0.1) is 0 Å².